The predicted octanol–water partition coefficient (Wildman–Crippen LogP) is 5.29. The number of hydrogen-bond acceptors (Lipinski definition) is 4. The normalized spacial score (nSPS) is 12.4. The monoisotopic (exact) mass is 521 g/mol. The number of alkyl halides is 3. The minimum Gasteiger partial charge on any atom is -0.322 e. The minimum absolute atomic E-state index is 0.124. The zero-order valence-electron chi connectivity index (χ0n) is 18.3. The molecular formula is C24H19ClF3N3O3S. The van der Waals surface area contributed by atoms with Crippen molar-refractivity contribution in [3.8, 4) is 0 Å². The van der Waals surface area contributed by atoms with Crippen molar-refractivity contribution in [3.05, 3.63) is 105 Å². The molecule has 0 saturated heterocycles. The number of aromatic nitrogens is 2. The Kier molecular flexibility index (Phi) is 6.72. The Balaban J connectivity index is 1.83. The van der Waals surface area contributed by atoms with Crippen molar-refractivity contribution in [3.63, 3.8) is 0 Å². The number of H-pyrrole nitrogens is 1. The van der Waals surface area contributed by atoms with E-state index >= 15 is 0 Å². The molecule has 2 heterocycles. The van der Waals surface area contributed by atoms with Gasteiger partial charge in [-0.05, 0) is 60.3 Å². The molecule has 182 valence electrons. The number of benzene rings is 2. The average Bonchev–Trinajstić information content (AvgIpc) is 2.79. The van der Waals surface area contributed by atoms with E-state index in [2.05, 4.69) is 9.97 Å². The highest BCUT2D eigenvalue weighted by molar-refractivity contribution is 7.89. The van der Waals surface area contributed by atoms with E-state index in [1.165, 1.54) is 12.4 Å². The molecule has 0 aliphatic carbocycles. The number of sulfonamides is 1. The summed E-state index contributed by atoms with van der Waals surface area (Å²) >= 11 is 6.05. The maximum absolute atomic E-state index is 13.6. The van der Waals surface area contributed by atoms with Gasteiger partial charge in [-0.1, -0.05) is 29.3 Å². The van der Waals surface area contributed by atoms with Gasteiger partial charge in [0.2, 0.25) is 10.0 Å². The highest BCUT2D eigenvalue weighted by Gasteiger charge is 2.35. The second-order valence-corrected chi connectivity index (χ2v) is 10.3. The van der Waals surface area contributed by atoms with Gasteiger partial charge in [0.05, 0.1) is 10.6 Å². The molecule has 0 spiro atoms. The molecule has 0 bridgehead atoms. The SMILES string of the molecule is Cc1ccc2[nH]c(=O)c(CN(Cc3cccnc3)S(=O)(=O)c3cc(C(F)(F)F)ccc3Cl)cc2c1. The lowest BCUT2D eigenvalue weighted by Gasteiger charge is -2.23. The lowest BCUT2D eigenvalue weighted by Crippen LogP contribution is -2.33. The number of aromatic amines is 1. The van der Waals surface area contributed by atoms with Gasteiger partial charge in [-0.2, -0.15) is 17.5 Å². The molecule has 6 nitrogen and oxygen atoms in total. The highest BCUT2D eigenvalue weighted by atomic mass is 35.5. The molecule has 1 N–H and O–H groups in total. The number of halogens is 4. The molecular weight excluding hydrogens is 503 g/mol. The van der Waals surface area contributed by atoms with Gasteiger partial charge in [0.25, 0.3) is 5.56 Å². The maximum Gasteiger partial charge on any atom is 0.416 e. The molecule has 11 heteroatoms. The van der Waals surface area contributed by atoms with Gasteiger partial charge in [0, 0.05) is 36.6 Å². The number of aryl methyl sites for hydroxylation is 1. The van der Waals surface area contributed by atoms with Crippen molar-refractivity contribution in [2.45, 2.75) is 31.1 Å². The van der Waals surface area contributed by atoms with Crippen LogP contribution in [0.2, 0.25) is 5.02 Å². The first-order chi connectivity index (χ1) is 16.4. The summed E-state index contributed by atoms with van der Waals surface area (Å²) < 4.78 is 68.1. The summed E-state index contributed by atoms with van der Waals surface area (Å²) in [6.07, 6.45) is -1.83. The number of pyridine rings is 2. The van der Waals surface area contributed by atoms with Gasteiger partial charge in [-0.15, -0.1) is 0 Å². The van der Waals surface area contributed by atoms with E-state index in [1.54, 1.807) is 24.3 Å². The Labute approximate surface area is 204 Å². The first-order valence-electron chi connectivity index (χ1n) is 10.3. The van der Waals surface area contributed by atoms with Gasteiger partial charge in [-0.25, -0.2) is 8.42 Å². The molecule has 2 aromatic carbocycles. The van der Waals surface area contributed by atoms with Crippen LogP contribution in [0.25, 0.3) is 10.9 Å². The van der Waals surface area contributed by atoms with E-state index in [9.17, 15) is 26.4 Å². The van der Waals surface area contributed by atoms with E-state index in [-0.39, 0.29) is 17.1 Å². The van der Waals surface area contributed by atoms with Gasteiger partial charge in [0.15, 0.2) is 0 Å². The van der Waals surface area contributed by atoms with Crippen molar-refractivity contribution in [2.24, 2.45) is 0 Å². The molecule has 0 saturated carbocycles. The van der Waals surface area contributed by atoms with Crippen molar-refractivity contribution in [1.29, 1.82) is 0 Å². The van der Waals surface area contributed by atoms with Gasteiger partial charge < -0.3 is 4.98 Å². The predicted molar refractivity (Wildman–Crippen MR) is 126 cm³/mol. The zero-order valence-corrected chi connectivity index (χ0v) is 19.9. The molecule has 0 aliphatic rings. The van der Waals surface area contributed by atoms with E-state index in [1.807, 2.05) is 19.1 Å². The number of nitrogens with one attached hydrogen (secondary N) is 1. The molecule has 4 aromatic rings. The Morgan fingerprint density at radius 2 is 1.83 bits per heavy atom. The Morgan fingerprint density at radius 1 is 1.06 bits per heavy atom. The molecule has 2 aromatic heterocycles. The largest absolute Gasteiger partial charge is 0.416 e. The summed E-state index contributed by atoms with van der Waals surface area (Å²) in [5.74, 6) is 0. The van der Waals surface area contributed by atoms with Crippen LogP contribution in [-0.4, -0.2) is 22.7 Å². The van der Waals surface area contributed by atoms with Gasteiger partial charge in [-0.3, -0.25) is 9.78 Å². The number of rotatable bonds is 6. The summed E-state index contributed by atoms with van der Waals surface area (Å²) in [5.41, 5.74) is 0.452. The molecule has 0 fully saturated rings. The van der Waals surface area contributed by atoms with Crippen LogP contribution in [0.15, 0.2) is 76.7 Å². The van der Waals surface area contributed by atoms with Crippen molar-refractivity contribution in [1.82, 2.24) is 14.3 Å². The van der Waals surface area contributed by atoms with Crippen molar-refractivity contribution < 1.29 is 21.6 Å². The molecule has 35 heavy (non-hydrogen) atoms. The summed E-state index contributed by atoms with van der Waals surface area (Å²) in [4.78, 5) is 18.7. The van der Waals surface area contributed by atoms with E-state index in [4.69, 9.17) is 11.6 Å². The summed E-state index contributed by atoms with van der Waals surface area (Å²) in [5, 5.41) is 0.327. The Morgan fingerprint density at radius 3 is 2.51 bits per heavy atom. The van der Waals surface area contributed by atoms with Crippen LogP contribution in [0.3, 0.4) is 0 Å². The average molecular weight is 522 g/mol. The summed E-state index contributed by atoms with van der Waals surface area (Å²) in [6, 6.07) is 12.3. The molecule has 0 radical (unpaired) electrons. The standard InChI is InChI=1S/C24H19ClF3N3O3S/c1-15-4-7-21-17(9-15)10-18(23(32)30-21)14-31(13-16-3-2-8-29-12-16)35(33,34)22-11-19(24(26,27)28)5-6-20(22)25/h2-12H,13-14H2,1H3,(H,30,32). The van der Waals surface area contributed by atoms with Crippen LogP contribution >= 0.6 is 11.6 Å². The minimum atomic E-state index is -4.77. The lowest BCUT2D eigenvalue weighted by atomic mass is 10.1. The quantitative estimate of drug-likeness (QED) is 0.373. The topological polar surface area (TPSA) is 83.1 Å². The second-order valence-electron chi connectivity index (χ2n) is 7.99. The van der Waals surface area contributed by atoms with E-state index in [0.29, 0.717) is 28.6 Å². The Bertz CT molecular complexity index is 1560. The van der Waals surface area contributed by atoms with Crippen LogP contribution in [-0.2, 0) is 29.3 Å². The molecule has 0 unspecified atom stereocenters. The van der Waals surface area contributed by atoms with Gasteiger partial charge in [0.1, 0.15) is 4.90 Å². The van der Waals surface area contributed by atoms with Gasteiger partial charge >= 0.3 is 6.18 Å². The third-order valence-electron chi connectivity index (χ3n) is 5.38. The first kappa shape index (κ1) is 24.9. The first-order valence-corrected chi connectivity index (χ1v) is 12.2. The number of nitrogens with zero attached hydrogens (tertiary/aromatic N) is 2. The lowest BCUT2D eigenvalue weighted by molar-refractivity contribution is -0.137. The van der Waals surface area contributed by atoms with Crippen LogP contribution in [0.1, 0.15) is 22.3 Å². The molecule has 0 amide bonds. The fourth-order valence-corrected chi connectivity index (χ4v) is 5.52. The van der Waals surface area contributed by atoms with Crippen LogP contribution < -0.4 is 5.56 Å². The zero-order chi connectivity index (χ0) is 25.4. The third kappa shape index (κ3) is 5.39. The third-order valence-corrected chi connectivity index (χ3v) is 7.65. The second kappa shape index (κ2) is 9.44. The molecule has 4 rings (SSSR count). The highest BCUT2D eigenvalue weighted by Crippen LogP contribution is 2.35. The Hall–Kier alpha value is -3.21. The molecule has 0 aliphatic heterocycles. The fourth-order valence-electron chi connectivity index (χ4n) is 3.62. The van der Waals surface area contributed by atoms with E-state index in [0.717, 1.165) is 15.9 Å². The molecule has 0 atom stereocenters. The number of fused-ring (bicyclic) bond motifs is 1. The fraction of sp³-hybridized carbons (Fsp3) is 0.167. The van der Waals surface area contributed by atoms with E-state index < -0.39 is 38.8 Å². The smallest absolute Gasteiger partial charge is 0.322 e. The van der Waals surface area contributed by atoms with Crippen molar-refractivity contribution >= 4 is 32.5 Å². The van der Waals surface area contributed by atoms with Crippen LogP contribution in [0, 0.1) is 6.92 Å². The summed E-state index contributed by atoms with van der Waals surface area (Å²) in [7, 11) is -4.57. The van der Waals surface area contributed by atoms with Crippen LogP contribution in [0.4, 0.5) is 13.2 Å². The maximum atomic E-state index is 13.6. The van der Waals surface area contributed by atoms with Crippen molar-refractivity contribution in [2.75, 3.05) is 0 Å². The van der Waals surface area contributed by atoms with Crippen LogP contribution in [0.5, 0.6) is 0 Å². The summed E-state index contributed by atoms with van der Waals surface area (Å²) in [6.45, 7) is 1.23. The number of hydrogen-bond donors (Lipinski definition) is 1.